The van der Waals surface area contributed by atoms with Gasteiger partial charge >= 0.3 is 0 Å². The maximum Gasteiger partial charge on any atom is 0.100 e. The minimum absolute atomic E-state index is 0.908. The summed E-state index contributed by atoms with van der Waals surface area (Å²) in [5.41, 5.74) is 14.3. The lowest BCUT2D eigenvalue weighted by Gasteiger charge is -2.06. The Morgan fingerprint density at radius 3 is 1.35 bits per heavy atom. The van der Waals surface area contributed by atoms with E-state index in [-0.39, 0.29) is 0 Å². The zero-order chi connectivity index (χ0) is 53.2. The van der Waals surface area contributed by atoms with E-state index in [2.05, 4.69) is 143 Å². The van der Waals surface area contributed by atoms with E-state index in [9.17, 15) is 0 Å². The third-order valence-corrected chi connectivity index (χ3v) is 13.6. The first-order chi connectivity index (χ1) is 39.0. The van der Waals surface area contributed by atoms with Crippen molar-refractivity contribution in [3.63, 3.8) is 0 Å². The second-order valence-electron chi connectivity index (χ2n) is 18.1. The van der Waals surface area contributed by atoms with E-state index in [4.69, 9.17) is 0 Å². The molecule has 14 heteroatoms. The normalized spacial score (nSPS) is 11.5. The fraction of sp³-hybridized carbons (Fsp3) is 0. The van der Waals surface area contributed by atoms with Gasteiger partial charge in [0.25, 0.3) is 0 Å². The fourth-order valence-corrected chi connectivity index (χ4v) is 9.46. The van der Waals surface area contributed by atoms with Gasteiger partial charge < -0.3 is 9.13 Å². The molecule has 6 aromatic heterocycles. The Bertz CT molecular complexity index is 4430. The van der Waals surface area contributed by atoms with E-state index < -0.39 is 0 Å². The Balaban J connectivity index is 0.000000119. The Kier molecular flexibility index (Phi) is 14.4. The molecule has 0 bridgehead atoms. The second kappa shape index (κ2) is 23.1. The number of para-hydroxylation sites is 4. The van der Waals surface area contributed by atoms with Gasteiger partial charge in [0.1, 0.15) is 12.7 Å². The minimum atomic E-state index is 0.908. The van der Waals surface area contributed by atoms with Gasteiger partial charge in [-0.3, -0.25) is 34.1 Å². The van der Waals surface area contributed by atoms with Crippen LogP contribution < -0.4 is 0 Å². The molecule has 0 saturated carbocycles. The number of hydrogen-bond acceptors (Lipinski definition) is 9. The summed E-state index contributed by atoms with van der Waals surface area (Å²) >= 11 is 3.61. The van der Waals surface area contributed by atoms with E-state index in [1.165, 1.54) is 5.39 Å². The van der Waals surface area contributed by atoms with Crippen molar-refractivity contribution in [2.24, 2.45) is 15.0 Å². The van der Waals surface area contributed by atoms with Crippen molar-refractivity contribution in [1.82, 2.24) is 48.2 Å². The van der Waals surface area contributed by atoms with Crippen LogP contribution in [0.15, 0.2) is 282 Å². The average molecular weight is 1090 g/mol. The van der Waals surface area contributed by atoms with Gasteiger partial charge in [0, 0.05) is 101 Å². The van der Waals surface area contributed by atoms with Crippen molar-refractivity contribution < 1.29 is 0 Å². The van der Waals surface area contributed by atoms with Gasteiger partial charge in [-0.2, -0.15) is 0 Å². The van der Waals surface area contributed by atoms with Gasteiger partial charge in [0.15, 0.2) is 0 Å². The average Bonchev–Trinajstić information content (AvgIpc) is 4.39. The highest BCUT2D eigenvalue weighted by Gasteiger charge is 2.07. The number of aliphatic imine (C=N–C) groups is 3. The summed E-state index contributed by atoms with van der Waals surface area (Å²) in [7, 11) is 0. The van der Waals surface area contributed by atoms with Crippen molar-refractivity contribution in [2.45, 2.75) is 0 Å². The Morgan fingerprint density at radius 2 is 0.835 bits per heavy atom. The van der Waals surface area contributed by atoms with Crippen LogP contribution in [-0.2, 0) is 0 Å². The summed E-state index contributed by atoms with van der Waals surface area (Å²) in [4.78, 5) is 39.1. The zero-order valence-corrected chi connectivity index (χ0v) is 43.8. The molecule has 14 aromatic rings. The van der Waals surface area contributed by atoms with Gasteiger partial charge in [-0.15, -0.1) is 0 Å². The maximum atomic E-state index is 4.60. The van der Waals surface area contributed by atoms with Crippen molar-refractivity contribution >= 4 is 95.2 Å². The predicted molar refractivity (Wildman–Crippen MR) is 322 cm³/mol. The summed E-state index contributed by atoms with van der Waals surface area (Å²) in [6.45, 7) is 0. The lowest BCUT2D eigenvalue weighted by Crippen LogP contribution is -1.92. The molecule has 8 aromatic carbocycles. The molecule has 0 N–H and O–H groups in total. The molecular weight excluding hydrogens is 1040 g/mol. The van der Waals surface area contributed by atoms with E-state index >= 15 is 0 Å². The van der Waals surface area contributed by atoms with Gasteiger partial charge in [0.2, 0.25) is 0 Å². The Hall–Kier alpha value is -10.6. The summed E-state index contributed by atoms with van der Waals surface area (Å²) in [5, 5.41) is 4.51. The van der Waals surface area contributed by atoms with Crippen LogP contribution in [0.4, 0.5) is 17.1 Å². The van der Waals surface area contributed by atoms with Crippen LogP contribution in [-0.4, -0.2) is 66.8 Å². The smallest absolute Gasteiger partial charge is 0.100 e. The molecular formula is C65H46BrN13. The van der Waals surface area contributed by atoms with Crippen LogP contribution in [0.1, 0.15) is 16.7 Å². The summed E-state index contributed by atoms with van der Waals surface area (Å²) in [6.07, 6.45) is 27.6. The van der Waals surface area contributed by atoms with Gasteiger partial charge in [-0.05, 0) is 165 Å². The van der Waals surface area contributed by atoms with Crippen LogP contribution >= 0.6 is 15.9 Å². The van der Waals surface area contributed by atoms with Crippen molar-refractivity contribution in [1.29, 1.82) is 0 Å². The van der Waals surface area contributed by atoms with Crippen LogP contribution in [0.3, 0.4) is 0 Å². The molecule has 0 aliphatic rings. The summed E-state index contributed by atoms with van der Waals surface area (Å²) in [5.74, 6) is 0. The van der Waals surface area contributed by atoms with E-state index in [0.29, 0.717) is 0 Å². The number of benzene rings is 8. The molecule has 0 aliphatic heterocycles. The SMILES string of the molecule is Brc1cc(C=Nc2ccc3ccncc3c2)ccc1-n1ccnc1.C(=Nc1ccc(-n2ccnc2)cc1)c1ccc(-n2cnc3ccccc32)cc1.C(=Nc1ccc2ccncc2c1)c1ccc(-n2cnc3ccccc32)cc1. The first kappa shape index (κ1) is 49.3. The molecule has 79 heavy (non-hydrogen) atoms. The number of nitrogens with zero attached hydrogens (tertiary/aromatic N) is 13. The van der Waals surface area contributed by atoms with Gasteiger partial charge in [-0.25, -0.2) is 19.9 Å². The van der Waals surface area contributed by atoms with Crippen LogP contribution in [0.25, 0.3) is 66.4 Å². The molecule has 0 atom stereocenters. The number of pyridine rings is 2. The summed E-state index contributed by atoms with van der Waals surface area (Å²) < 4.78 is 9.09. The molecule has 14 rings (SSSR count). The number of imidazole rings is 4. The topological polar surface area (TPSA) is 134 Å². The standard InChI is InChI=1S/C23H17N5.C23H16N4.C19H13BrN4/c1-2-4-23-22(3-1)26-17-28(23)21-9-5-18(6-10-21)15-25-19-7-11-20(12-8-19)27-14-13-24-16-27;1-2-4-23-22(3-1)26-16-27(23)21-9-5-17(6-10-21)14-25-20-8-7-18-11-12-24-15-19(18)13-20;20-18-9-14(1-4-19(18)24-8-7-22-13-24)11-23-17-3-2-15-5-6-21-12-16(15)10-17/h1-17H;1-16H;1-13H. The zero-order valence-electron chi connectivity index (χ0n) is 42.2. The number of fused-ring (bicyclic) bond motifs is 4. The number of hydrogen-bond donors (Lipinski definition) is 0. The molecule has 378 valence electrons. The number of aromatic nitrogens is 10. The van der Waals surface area contributed by atoms with Crippen LogP contribution in [0.5, 0.6) is 0 Å². The van der Waals surface area contributed by atoms with Crippen molar-refractivity contribution in [3.8, 4) is 22.7 Å². The monoisotopic (exact) mass is 1090 g/mol. The van der Waals surface area contributed by atoms with Crippen molar-refractivity contribution in [2.75, 3.05) is 0 Å². The molecule has 0 unspecified atom stereocenters. The van der Waals surface area contributed by atoms with Gasteiger partial charge in [0.05, 0.1) is 57.5 Å². The lowest BCUT2D eigenvalue weighted by atomic mass is 10.1. The maximum absolute atomic E-state index is 4.60. The largest absolute Gasteiger partial charge is 0.306 e. The first-order valence-corrected chi connectivity index (χ1v) is 26.0. The third kappa shape index (κ3) is 11.6. The Labute approximate surface area is 462 Å². The lowest BCUT2D eigenvalue weighted by molar-refractivity contribution is 1.05. The molecule has 0 fully saturated rings. The van der Waals surface area contributed by atoms with Crippen LogP contribution in [0.2, 0.25) is 0 Å². The first-order valence-electron chi connectivity index (χ1n) is 25.2. The molecule has 0 aliphatic carbocycles. The molecule has 0 amide bonds. The highest BCUT2D eigenvalue weighted by molar-refractivity contribution is 9.10. The molecule has 0 radical (unpaired) electrons. The second-order valence-corrected chi connectivity index (χ2v) is 19.0. The third-order valence-electron chi connectivity index (χ3n) is 13.0. The molecule has 0 spiro atoms. The molecule has 0 saturated heterocycles. The van der Waals surface area contributed by atoms with Crippen molar-refractivity contribution in [3.05, 3.63) is 284 Å². The highest BCUT2D eigenvalue weighted by atomic mass is 79.9. The Morgan fingerprint density at radius 1 is 0.367 bits per heavy atom. The minimum Gasteiger partial charge on any atom is -0.306 e. The summed E-state index contributed by atoms with van der Waals surface area (Å²) in [6, 6.07) is 63.2. The molecule has 6 heterocycles. The predicted octanol–water partition coefficient (Wildman–Crippen LogP) is 15.2. The highest BCUT2D eigenvalue weighted by Crippen LogP contribution is 2.26. The quantitative estimate of drug-likeness (QED) is 0.125. The van der Waals surface area contributed by atoms with E-state index in [1.54, 1.807) is 37.4 Å². The molecule has 13 nitrogen and oxygen atoms in total. The number of rotatable bonds is 10. The van der Waals surface area contributed by atoms with Crippen LogP contribution in [0, 0.1) is 0 Å². The van der Waals surface area contributed by atoms with E-state index in [0.717, 1.165) is 99.2 Å². The number of halogens is 1. The fourth-order valence-electron chi connectivity index (χ4n) is 8.86. The van der Waals surface area contributed by atoms with E-state index in [1.807, 2.05) is 180 Å². The van der Waals surface area contributed by atoms with Gasteiger partial charge in [-0.1, -0.05) is 66.7 Å².